The van der Waals surface area contributed by atoms with E-state index in [1.165, 1.54) is 0 Å². The molecule has 0 aromatic heterocycles. The van der Waals surface area contributed by atoms with Crippen molar-refractivity contribution < 1.29 is 19.8 Å². The van der Waals surface area contributed by atoms with Gasteiger partial charge in [-0.25, -0.2) is 4.79 Å². The summed E-state index contributed by atoms with van der Waals surface area (Å²) in [6.45, 7) is 1.57. The zero-order valence-corrected chi connectivity index (χ0v) is 11.3. The number of benzene rings is 1. The molecule has 0 fully saturated rings. The first-order valence-corrected chi connectivity index (χ1v) is 5.95. The third-order valence-electron chi connectivity index (χ3n) is 2.18. The maximum atomic E-state index is 11.7. The Kier molecular flexibility index (Phi) is 4.88. The molecule has 1 aromatic rings. The predicted octanol–water partition coefficient (Wildman–Crippen LogP) is 0.775. The fourth-order valence-electron chi connectivity index (χ4n) is 1.19. The number of carboxylic acid groups (broad SMARTS) is 1. The lowest BCUT2D eigenvalue weighted by Gasteiger charge is -2.10. The summed E-state index contributed by atoms with van der Waals surface area (Å²) < 4.78 is 0.812. The summed E-state index contributed by atoms with van der Waals surface area (Å²) >= 11 is 2.05. The molecular formula is C11H12INO4. The normalized spacial score (nSPS) is 11.9. The highest BCUT2D eigenvalue weighted by Crippen LogP contribution is 2.16. The van der Waals surface area contributed by atoms with Crippen LogP contribution >= 0.6 is 22.6 Å². The van der Waals surface area contributed by atoms with Crippen LogP contribution in [0.5, 0.6) is 0 Å². The second kappa shape index (κ2) is 5.97. The van der Waals surface area contributed by atoms with Gasteiger partial charge in [-0.15, -0.1) is 0 Å². The van der Waals surface area contributed by atoms with E-state index in [2.05, 4.69) is 27.9 Å². The van der Waals surface area contributed by atoms with Crippen LogP contribution in [0.2, 0.25) is 0 Å². The minimum absolute atomic E-state index is 0.307. The lowest BCUT2D eigenvalue weighted by molar-refractivity contribution is -0.146. The molecule has 5 nitrogen and oxygen atoms in total. The minimum Gasteiger partial charge on any atom is -0.479 e. The Labute approximate surface area is 112 Å². The summed E-state index contributed by atoms with van der Waals surface area (Å²) in [7, 11) is 0. The van der Waals surface area contributed by atoms with Crippen molar-refractivity contribution in [3.63, 3.8) is 0 Å². The number of nitrogens with one attached hydrogen (secondary N) is 1. The first-order valence-electron chi connectivity index (χ1n) is 4.87. The van der Waals surface area contributed by atoms with E-state index in [1.807, 2.05) is 13.0 Å². The lowest BCUT2D eigenvalue weighted by Crippen LogP contribution is -2.36. The van der Waals surface area contributed by atoms with Crippen molar-refractivity contribution in [2.24, 2.45) is 0 Å². The molecule has 1 aromatic carbocycles. The van der Waals surface area contributed by atoms with Crippen molar-refractivity contribution >= 4 is 34.5 Å². The Morgan fingerprint density at radius 2 is 2.12 bits per heavy atom. The number of halogens is 1. The van der Waals surface area contributed by atoms with Crippen molar-refractivity contribution in [2.45, 2.75) is 13.0 Å². The standard InChI is InChI=1S/C11H12INO4/c1-6-3-2-4-7(9(6)12)10(15)13-5-8(14)11(16)17/h2-4,8,14H,5H2,1H3,(H,13,15)(H,16,17). The van der Waals surface area contributed by atoms with E-state index in [-0.39, 0.29) is 6.54 Å². The molecule has 1 unspecified atom stereocenters. The molecular weight excluding hydrogens is 337 g/mol. The Morgan fingerprint density at radius 3 is 2.71 bits per heavy atom. The minimum atomic E-state index is -1.58. The van der Waals surface area contributed by atoms with Gasteiger partial charge in [-0.1, -0.05) is 12.1 Å². The molecule has 0 aliphatic carbocycles. The lowest BCUT2D eigenvalue weighted by atomic mass is 10.1. The van der Waals surface area contributed by atoms with Gasteiger partial charge in [-0.2, -0.15) is 0 Å². The van der Waals surface area contributed by atoms with Crippen molar-refractivity contribution in [3.05, 3.63) is 32.9 Å². The van der Waals surface area contributed by atoms with E-state index >= 15 is 0 Å². The number of carboxylic acids is 1. The maximum absolute atomic E-state index is 11.7. The molecule has 0 heterocycles. The van der Waals surface area contributed by atoms with Crippen molar-refractivity contribution in [1.29, 1.82) is 0 Å². The number of aliphatic hydroxyl groups excluding tert-OH is 1. The SMILES string of the molecule is Cc1cccc(C(=O)NCC(O)C(=O)O)c1I. The Hall–Kier alpha value is -1.15. The summed E-state index contributed by atoms with van der Waals surface area (Å²) in [6.07, 6.45) is -1.58. The van der Waals surface area contributed by atoms with Gasteiger partial charge in [-0.3, -0.25) is 4.79 Å². The monoisotopic (exact) mass is 349 g/mol. The topological polar surface area (TPSA) is 86.6 Å². The van der Waals surface area contributed by atoms with Crippen LogP contribution < -0.4 is 5.32 Å². The Balaban J connectivity index is 2.71. The third kappa shape index (κ3) is 3.67. The quantitative estimate of drug-likeness (QED) is 0.701. The van der Waals surface area contributed by atoms with E-state index in [9.17, 15) is 9.59 Å². The van der Waals surface area contributed by atoms with Gasteiger partial charge in [0.2, 0.25) is 0 Å². The van der Waals surface area contributed by atoms with Crippen LogP contribution in [0.15, 0.2) is 18.2 Å². The van der Waals surface area contributed by atoms with Crippen LogP contribution in [0.25, 0.3) is 0 Å². The maximum Gasteiger partial charge on any atom is 0.334 e. The second-order valence-electron chi connectivity index (χ2n) is 3.50. The highest BCUT2D eigenvalue weighted by atomic mass is 127. The van der Waals surface area contributed by atoms with Gasteiger partial charge >= 0.3 is 5.97 Å². The van der Waals surface area contributed by atoms with Gasteiger partial charge < -0.3 is 15.5 Å². The molecule has 6 heteroatoms. The van der Waals surface area contributed by atoms with Crippen LogP contribution in [0.1, 0.15) is 15.9 Å². The van der Waals surface area contributed by atoms with Crippen LogP contribution in [-0.2, 0) is 4.79 Å². The van der Waals surface area contributed by atoms with Crippen molar-refractivity contribution in [1.82, 2.24) is 5.32 Å². The second-order valence-corrected chi connectivity index (χ2v) is 4.58. The first kappa shape index (κ1) is 13.9. The largest absolute Gasteiger partial charge is 0.479 e. The van der Waals surface area contributed by atoms with Gasteiger partial charge in [0.1, 0.15) is 0 Å². The molecule has 0 saturated heterocycles. The number of hydrogen-bond acceptors (Lipinski definition) is 3. The summed E-state index contributed by atoms with van der Waals surface area (Å²) in [5.41, 5.74) is 1.44. The molecule has 0 spiro atoms. The zero-order chi connectivity index (χ0) is 13.0. The van der Waals surface area contributed by atoms with E-state index < -0.39 is 18.0 Å². The van der Waals surface area contributed by atoms with Gasteiger partial charge in [0, 0.05) is 3.57 Å². The number of amides is 1. The molecule has 0 aliphatic heterocycles. The van der Waals surface area contributed by atoms with Gasteiger partial charge in [0.15, 0.2) is 6.10 Å². The van der Waals surface area contributed by atoms with E-state index in [1.54, 1.807) is 12.1 Å². The summed E-state index contributed by atoms with van der Waals surface area (Å²) in [5, 5.41) is 19.9. The van der Waals surface area contributed by atoms with Crippen LogP contribution in [0.3, 0.4) is 0 Å². The van der Waals surface area contributed by atoms with E-state index in [0.29, 0.717) is 5.56 Å². The van der Waals surface area contributed by atoms with Crippen LogP contribution in [-0.4, -0.2) is 34.7 Å². The molecule has 1 amide bonds. The summed E-state index contributed by atoms with van der Waals surface area (Å²) in [5.74, 6) is -1.75. The predicted molar refractivity (Wildman–Crippen MR) is 69.9 cm³/mol. The fourth-order valence-corrected chi connectivity index (χ4v) is 1.80. The number of carbonyl (C=O) groups is 2. The van der Waals surface area contributed by atoms with Crippen molar-refractivity contribution in [2.75, 3.05) is 6.54 Å². The summed E-state index contributed by atoms with van der Waals surface area (Å²) in [6, 6.07) is 5.28. The molecule has 0 saturated carbocycles. The van der Waals surface area contributed by atoms with Gasteiger partial charge in [0.25, 0.3) is 5.91 Å². The molecule has 17 heavy (non-hydrogen) atoms. The average molecular weight is 349 g/mol. The fraction of sp³-hybridized carbons (Fsp3) is 0.273. The molecule has 0 bridgehead atoms. The highest BCUT2D eigenvalue weighted by molar-refractivity contribution is 14.1. The van der Waals surface area contributed by atoms with Gasteiger partial charge in [-0.05, 0) is 41.1 Å². The number of aliphatic hydroxyl groups is 1. The van der Waals surface area contributed by atoms with Gasteiger partial charge in [0.05, 0.1) is 12.1 Å². The van der Waals surface area contributed by atoms with Crippen molar-refractivity contribution in [3.8, 4) is 0 Å². The number of hydrogen-bond donors (Lipinski definition) is 3. The molecule has 1 atom stereocenters. The molecule has 3 N–H and O–H groups in total. The molecule has 0 radical (unpaired) electrons. The molecule has 92 valence electrons. The molecule has 1 rings (SSSR count). The number of rotatable bonds is 4. The highest BCUT2D eigenvalue weighted by Gasteiger charge is 2.16. The van der Waals surface area contributed by atoms with E-state index in [4.69, 9.17) is 10.2 Å². The zero-order valence-electron chi connectivity index (χ0n) is 9.11. The number of aryl methyl sites for hydroxylation is 1. The first-order chi connectivity index (χ1) is 7.93. The van der Waals surface area contributed by atoms with Crippen LogP contribution in [0, 0.1) is 10.5 Å². The smallest absolute Gasteiger partial charge is 0.334 e. The summed E-state index contributed by atoms with van der Waals surface area (Å²) in [4.78, 5) is 22.1. The average Bonchev–Trinajstić information content (AvgIpc) is 2.29. The number of carbonyl (C=O) groups excluding carboxylic acids is 1. The molecule has 0 aliphatic rings. The number of aliphatic carboxylic acids is 1. The van der Waals surface area contributed by atoms with Crippen LogP contribution in [0.4, 0.5) is 0 Å². The third-order valence-corrected chi connectivity index (χ3v) is 3.61. The van der Waals surface area contributed by atoms with E-state index in [0.717, 1.165) is 9.13 Å². The Bertz CT molecular complexity index is 447. The Morgan fingerprint density at radius 1 is 1.47 bits per heavy atom.